The number of rotatable bonds is 3. The fraction of sp³-hybridized carbons (Fsp3) is 0.600. The van der Waals surface area contributed by atoms with Gasteiger partial charge in [-0.2, -0.15) is 0 Å². The highest BCUT2D eigenvalue weighted by Crippen LogP contribution is 2.21. The zero-order valence-corrected chi connectivity index (χ0v) is 11.9. The van der Waals surface area contributed by atoms with E-state index in [-0.39, 0.29) is 12.5 Å². The van der Waals surface area contributed by atoms with E-state index in [9.17, 15) is 4.79 Å². The van der Waals surface area contributed by atoms with Gasteiger partial charge in [-0.1, -0.05) is 13.8 Å². The molecule has 0 radical (unpaired) electrons. The number of ether oxygens (including phenoxy) is 1. The molecule has 0 unspecified atom stereocenters. The van der Waals surface area contributed by atoms with Crippen molar-refractivity contribution in [1.29, 1.82) is 0 Å². The van der Waals surface area contributed by atoms with Gasteiger partial charge in [0.1, 0.15) is 5.75 Å². The lowest BCUT2D eigenvalue weighted by Crippen LogP contribution is -2.44. The number of likely N-dealkylation sites (tertiary alicyclic amines) is 1. The number of pyridine rings is 1. The molecule has 1 saturated heterocycles. The number of carbonyl (C=O) groups excluding carboxylic acids is 1. The summed E-state index contributed by atoms with van der Waals surface area (Å²) in [6.45, 7) is 8.11. The minimum absolute atomic E-state index is 0.0685. The first-order valence-electron chi connectivity index (χ1n) is 6.88. The van der Waals surface area contributed by atoms with Crippen molar-refractivity contribution in [2.45, 2.75) is 27.2 Å². The van der Waals surface area contributed by atoms with Crippen molar-refractivity contribution >= 4 is 5.91 Å². The lowest BCUT2D eigenvalue weighted by atomic mass is 9.92. The van der Waals surface area contributed by atoms with Gasteiger partial charge in [-0.3, -0.25) is 9.78 Å². The van der Waals surface area contributed by atoms with Crippen molar-refractivity contribution in [2.24, 2.45) is 11.8 Å². The maximum absolute atomic E-state index is 12.1. The van der Waals surface area contributed by atoms with Gasteiger partial charge in [0.15, 0.2) is 6.61 Å². The highest BCUT2D eigenvalue weighted by atomic mass is 16.5. The lowest BCUT2D eigenvalue weighted by molar-refractivity contribution is -0.136. The van der Waals surface area contributed by atoms with Gasteiger partial charge in [0.2, 0.25) is 0 Å². The number of aromatic nitrogens is 1. The Balaban J connectivity index is 1.85. The van der Waals surface area contributed by atoms with E-state index in [1.165, 1.54) is 6.42 Å². The molecule has 4 nitrogen and oxygen atoms in total. The van der Waals surface area contributed by atoms with E-state index in [1.807, 2.05) is 24.0 Å². The summed E-state index contributed by atoms with van der Waals surface area (Å²) in [6, 6.07) is 3.72. The predicted octanol–water partition coefficient (Wildman–Crippen LogP) is 2.27. The summed E-state index contributed by atoms with van der Waals surface area (Å²) in [5.41, 5.74) is 0.942. The van der Waals surface area contributed by atoms with E-state index >= 15 is 0 Å². The molecular formula is C15H22N2O2. The van der Waals surface area contributed by atoms with Crippen LogP contribution < -0.4 is 4.74 Å². The largest absolute Gasteiger partial charge is 0.482 e. The normalized spacial score (nSPS) is 23.2. The molecule has 1 fully saturated rings. The first-order chi connectivity index (χ1) is 9.04. The molecule has 1 aliphatic heterocycles. The third-order valence-electron chi connectivity index (χ3n) is 3.47. The van der Waals surface area contributed by atoms with Crippen LogP contribution in [0.25, 0.3) is 0 Å². The molecule has 2 rings (SSSR count). The van der Waals surface area contributed by atoms with Crippen molar-refractivity contribution in [3.8, 4) is 5.75 Å². The third kappa shape index (κ3) is 3.94. The first kappa shape index (κ1) is 13.8. The Hall–Kier alpha value is -1.58. The molecule has 1 aromatic heterocycles. The number of hydrogen-bond donors (Lipinski definition) is 0. The number of amides is 1. The molecule has 2 atom stereocenters. The van der Waals surface area contributed by atoms with E-state index < -0.39 is 0 Å². The average Bonchev–Trinajstić information content (AvgIpc) is 2.36. The van der Waals surface area contributed by atoms with Crippen molar-refractivity contribution in [1.82, 2.24) is 9.88 Å². The Bertz CT molecular complexity index is 420. The monoisotopic (exact) mass is 262 g/mol. The molecule has 104 valence electrons. The van der Waals surface area contributed by atoms with Crippen LogP contribution in [0.3, 0.4) is 0 Å². The van der Waals surface area contributed by atoms with Gasteiger partial charge in [0, 0.05) is 18.8 Å². The molecule has 1 aromatic rings. The van der Waals surface area contributed by atoms with Gasteiger partial charge in [-0.15, -0.1) is 0 Å². The molecule has 0 bridgehead atoms. The number of nitrogens with zero attached hydrogens (tertiary/aromatic N) is 2. The molecule has 1 aliphatic rings. The van der Waals surface area contributed by atoms with Crippen LogP contribution in [-0.4, -0.2) is 35.5 Å². The van der Waals surface area contributed by atoms with Gasteiger partial charge in [0.25, 0.3) is 5.91 Å². The Labute approximate surface area is 114 Å². The summed E-state index contributed by atoms with van der Waals surface area (Å²) in [4.78, 5) is 18.2. The van der Waals surface area contributed by atoms with Gasteiger partial charge in [-0.25, -0.2) is 0 Å². The Kier molecular flexibility index (Phi) is 4.40. The van der Waals surface area contributed by atoms with E-state index in [4.69, 9.17) is 4.74 Å². The van der Waals surface area contributed by atoms with Crippen LogP contribution in [0.1, 0.15) is 26.0 Å². The van der Waals surface area contributed by atoms with Crippen molar-refractivity contribution in [2.75, 3.05) is 19.7 Å². The third-order valence-corrected chi connectivity index (χ3v) is 3.47. The zero-order chi connectivity index (χ0) is 13.8. The predicted molar refractivity (Wildman–Crippen MR) is 74.0 cm³/mol. The van der Waals surface area contributed by atoms with E-state index in [0.29, 0.717) is 17.6 Å². The average molecular weight is 262 g/mol. The van der Waals surface area contributed by atoms with Crippen LogP contribution >= 0.6 is 0 Å². The molecule has 0 aliphatic carbocycles. The van der Waals surface area contributed by atoms with Crippen LogP contribution in [0.15, 0.2) is 18.3 Å². The second kappa shape index (κ2) is 6.04. The molecule has 0 N–H and O–H groups in total. The highest BCUT2D eigenvalue weighted by molar-refractivity contribution is 5.77. The zero-order valence-electron chi connectivity index (χ0n) is 11.9. The standard InChI is InChI=1S/C15H22N2O2/c1-11-6-12(2)9-17(8-11)15(18)10-19-14-5-4-13(3)16-7-14/h4-5,7,11-12H,6,8-10H2,1-3H3/t11-,12-/m1/s1. The smallest absolute Gasteiger partial charge is 0.260 e. The Morgan fingerprint density at radius 2 is 2.05 bits per heavy atom. The quantitative estimate of drug-likeness (QED) is 0.839. The molecule has 2 heterocycles. The van der Waals surface area contributed by atoms with E-state index in [1.54, 1.807) is 6.20 Å². The fourth-order valence-electron chi connectivity index (χ4n) is 2.64. The van der Waals surface area contributed by atoms with Crippen LogP contribution in [0, 0.1) is 18.8 Å². The van der Waals surface area contributed by atoms with E-state index in [0.717, 1.165) is 18.8 Å². The number of carbonyl (C=O) groups is 1. The van der Waals surface area contributed by atoms with Crippen LogP contribution in [0.2, 0.25) is 0 Å². The minimum atomic E-state index is 0.0685. The topological polar surface area (TPSA) is 42.4 Å². The minimum Gasteiger partial charge on any atom is -0.482 e. The second-order valence-corrected chi connectivity index (χ2v) is 5.67. The molecule has 0 saturated carbocycles. The Morgan fingerprint density at radius 3 is 2.63 bits per heavy atom. The van der Waals surface area contributed by atoms with Crippen LogP contribution in [-0.2, 0) is 4.79 Å². The summed E-state index contributed by atoms with van der Waals surface area (Å²) in [5.74, 6) is 1.87. The molecule has 0 aromatic carbocycles. The molecule has 1 amide bonds. The summed E-state index contributed by atoms with van der Waals surface area (Å²) >= 11 is 0. The van der Waals surface area contributed by atoms with Crippen LogP contribution in [0.5, 0.6) is 5.75 Å². The van der Waals surface area contributed by atoms with Crippen molar-refractivity contribution in [3.63, 3.8) is 0 Å². The van der Waals surface area contributed by atoms with Crippen molar-refractivity contribution in [3.05, 3.63) is 24.0 Å². The molecular weight excluding hydrogens is 240 g/mol. The Morgan fingerprint density at radius 1 is 1.37 bits per heavy atom. The van der Waals surface area contributed by atoms with Crippen LogP contribution in [0.4, 0.5) is 0 Å². The maximum Gasteiger partial charge on any atom is 0.260 e. The number of piperidine rings is 1. The fourth-order valence-corrected chi connectivity index (χ4v) is 2.64. The lowest BCUT2D eigenvalue weighted by Gasteiger charge is -2.34. The van der Waals surface area contributed by atoms with Gasteiger partial charge < -0.3 is 9.64 Å². The number of aryl methyl sites for hydroxylation is 1. The summed E-state index contributed by atoms with van der Waals surface area (Å²) < 4.78 is 5.49. The molecule has 19 heavy (non-hydrogen) atoms. The van der Waals surface area contributed by atoms with Crippen molar-refractivity contribution < 1.29 is 9.53 Å². The summed E-state index contributed by atoms with van der Waals surface area (Å²) in [5, 5.41) is 0. The number of hydrogen-bond acceptors (Lipinski definition) is 3. The maximum atomic E-state index is 12.1. The van der Waals surface area contributed by atoms with E-state index in [2.05, 4.69) is 18.8 Å². The summed E-state index contributed by atoms with van der Waals surface area (Å²) in [6.07, 6.45) is 2.86. The van der Waals surface area contributed by atoms with Gasteiger partial charge in [0.05, 0.1) is 6.20 Å². The highest BCUT2D eigenvalue weighted by Gasteiger charge is 2.25. The van der Waals surface area contributed by atoms with Gasteiger partial charge >= 0.3 is 0 Å². The summed E-state index contributed by atoms with van der Waals surface area (Å²) in [7, 11) is 0. The first-order valence-corrected chi connectivity index (χ1v) is 6.88. The molecule has 0 spiro atoms. The molecule has 4 heteroatoms. The SMILES string of the molecule is Cc1ccc(OCC(=O)N2C[C@H](C)C[C@@H](C)C2)cn1. The second-order valence-electron chi connectivity index (χ2n) is 5.67. The van der Waals surface area contributed by atoms with Gasteiger partial charge in [-0.05, 0) is 37.3 Å².